The molecule has 1 aliphatic rings. The number of nitrogens with one attached hydrogen (secondary N) is 2. The van der Waals surface area contributed by atoms with E-state index in [0.717, 1.165) is 40.9 Å². The molecule has 1 atom stereocenters. The van der Waals surface area contributed by atoms with Gasteiger partial charge in [0.25, 0.3) is 0 Å². The molecule has 3 nitrogen and oxygen atoms in total. The number of halogens is 2. The van der Waals surface area contributed by atoms with Crippen LogP contribution in [0.1, 0.15) is 28.4 Å². The summed E-state index contributed by atoms with van der Waals surface area (Å²) < 4.78 is 20.6. The fraction of sp³-hybridized carbons (Fsp3) is 0.167. The largest absolute Gasteiger partial charge is 0.489 e. The van der Waals surface area contributed by atoms with Crippen molar-refractivity contribution in [3.63, 3.8) is 0 Å². The maximum absolute atomic E-state index is 14.6. The number of aromatic nitrogens is 1. The monoisotopic (exact) mass is 406 g/mol. The molecule has 0 radical (unpaired) electrons. The third-order valence-corrected chi connectivity index (χ3v) is 5.79. The number of hydrogen-bond acceptors (Lipinski definition) is 2. The molecule has 0 amide bonds. The van der Waals surface area contributed by atoms with Gasteiger partial charge in [-0.25, -0.2) is 4.39 Å². The molecule has 0 bridgehead atoms. The van der Waals surface area contributed by atoms with Crippen molar-refractivity contribution in [1.29, 1.82) is 0 Å². The lowest BCUT2D eigenvalue weighted by molar-refractivity contribution is 0.306. The molecule has 5 heteroatoms. The molecule has 5 rings (SSSR count). The molecule has 0 spiro atoms. The summed E-state index contributed by atoms with van der Waals surface area (Å²) >= 11 is 6.34. The number of fused-ring (bicyclic) bond motifs is 3. The van der Waals surface area contributed by atoms with Gasteiger partial charge in [-0.1, -0.05) is 48.0 Å². The molecule has 1 aromatic heterocycles. The van der Waals surface area contributed by atoms with Gasteiger partial charge in [0.05, 0.1) is 6.04 Å². The third-order valence-electron chi connectivity index (χ3n) is 5.46. The molecular weight excluding hydrogens is 387 g/mol. The summed E-state index contributed by atoms with van der Waals surface area (Å²) in [5, 5.41) is 4.96. The molecule has 29 heavy (non-hydrogen) atoms. The molecule has 2 heterocycles. The summed E-state index contributed by atoms with van der Waals surface area (Å²) in [7, 11) is 0. The lowest BCUT2D eigenvalue weighted by Gasteiger charge is -2.26. The minimum atomic E-state index is -0.298. The summed E-state index contributed by atoms with van der Waals surface area (Å²) in [6.45, 7) is 1.28. The van der Waals surface area contributed by atoms with Crippen molar-refractivity contribution >= 4 is 22.5 Å². The van der Waals surface area contributed by atoms with Crippen LogP contribution in [0, 0.1) is 5.82 Å². The molecule has 4 aromatic rings. The summed E-state index contributed by atoms with van der Waals surface area (Å²) in [5.74, 6) is 0.524. The maximum Gasteiger partial charge on any atom is 0.129 e. The van der Waals surface area contributed by atoms with Gasteiger partial charge in [0.2, 0.25) is 0 Å². The Kier molecular flexibility index (Phi) is 4.74. The zero-order valence-electron chi connectivity index (χ0n) is 15.7. The van der Waals surface area contributed by atoms with Crippen molar-refractivity contribution in [3.8, 4) is 5.75 Å². The van der Waals surface area contributed by atoms with Gasteiger partial charge in [0, 0.05) is 33.7 Å². The standard InChI is InChI=1S/C24H20ClFN2O/c25-19-7-4-8-20(26)22(19)24-23-17(11-12-27-24)18-13-16(9-10-21(18)28-23)29-14-15-5-2-1-3-6-15/h1-10,13,24,27-28H,11-12,14H2. The Bertz CT molecular complexity index is 1150. The summed E-state index contributed by atoms with van der Waals surface area (Å²) in [4.78, 5) is 3.48. The number of H-pyrrole nitrogens is 1. The smallest absolute Gasteiger partial charge is 0.129 e. The molecular formula is C24H20ClFN2O. The zero-order chi connectivity index (χ0) is 19.8. The molecule has 0 saturated carbocycles. The van der Waals surface area contributed by atoms with Crippen LogP contribution in [-0.2, 0) is 13.0 Å². The Morgan fingerprint density at radius 3 is 2.72 bits per heavy atom. The highest BCUT2D eigenvalue weighted by atomic mass is 35.5. The van der Waals surface area contributed by atoms with Crippen LogP contribution in [0.4, 0.5) is 4.39 Å². The first kappa shape index (κ1) is 18.2. The summed E-state index contributed by atoms with van der Waals surface area (Å²) in [5.41, 5.74) is 4.79. The van der Waals surface area contributed by atoms with E-state index in [2.05, 4.69) is 16.4 Å². The van der Waals surface area contributed by atoms with Crippen molar-refractivity contribution in [2.45, 2.75) is 19.1 Å². The van der Waals surface area contributed by atoms with E-state index in [1.54, 1.807) is 12.1 Å². The molecule has 1 unspecified atom stereocenters. The van der Waals surface area contributed by atoms with Gasteiger partial charge in [-0.15, -0.1) is 0 Å². The third kappa shape index (κ3) is 3.39. The van der Waals surface area contributed by atoms with Gasteiger partial charge >= 0.3 is 0 Å². The van der Waals surface area contributed by atoms with Gasteiger partial charge in [-0.05, 0) is 47.9 Å². The van der Waals surface area contributed by atoms with E-state index >= 15 is 0 Å². The van der Waals surface area contributed by atoms with Crippen LogP contribution in [0.25, 0.3) is 10.9 Å². The summed E-state index contributed by atoms with van der Waals surface area (Å²) in [6.07, 6.45) is 0.861. The molecule has 2 N–H and O–H groups in total. The van der Waals surface area contributed by atoms with Gasteiger partial charge < -0.3 is 15.0 Å². The predicted molar refractivity (Wildman–Crippen MR) is 114 cm³/mol. The van der Waals surface area contributed by atoms with Crippen molar-refractivity contribution < 1.29 is 9.13 Å². The topological polar surface area (TPSA) is 37.0 Å². The van der Waals surface area contributed by atoms with E-state index < -0.39 is 0 Å². The molecule has 0 fully saturated rings. The van der Waals surface area contributed by atoms with Gasteiger partial charge in [-0.2, -0.15) is 0 Å². The first-order valence-electron chi connectivity index (χ1n) is 9.69. The number of ether oxygens (including phenoxy) is 1. The lowest BCUT2D eigenvalue weighted by Crippen LogP contribution is -2.31. The van der Waals surface area contributed by atoms with Crippen LogP contribution < -0.4 is 10.1 Å². The lowest BCUT2D eigenvalue weighted by atomic mass is 9.94. The maximum atomic E-state index is 14.6. The Morgan fingerprint density at radius 1 is 1.03 bits per heavy atom. The van der Waals surface area contributed by atoms with E-state index in [9.17, 15) is 4.39 Å². The Labute approximate surface area is 173 Å². The van der Waals surface area contributed by atoms with E-state index in [4.69, 9.17) is 16.3 Å². The van der Waals surface area contributed by atoms with E-state index in [1.165, 1.54) is 11.6 Å². The normalized spacial score (nSPS) is 16.0. The highest BCUT2D eigenvalue weighted by Crippen LogP contribution is 2.38. The molecule has 0 saturated heterocycles. The van der Waals surface area contributed by atoms with Crippen LogP contribution >= 0.6 is 11.6 Å². The van der Waals surface area contributed by atoms with Crippen molar-refractivity contribution in [2.75, 3.05) is 6.54 Å². The second kappa shape index (κ2) is 7.54. The van der Waals surface area contributed by atoms with Crippen LogP contribution in [0.15, 0.2) is 66.7 Å². The fourth-order valence-electron chi connectivity index (χ4n) is 4.07. The fourth-order valence-corrected chi connectivity index (χ4v) is 4.34. The highest BCUT2D eigenvalue weighted by Gasteiger charge is 2.28. The highest BCUT2D eigenvalue weighted by molar-refractivity contribution is 6.31. The minimum absolute atomic E-state index is 0.298. The SMILES string of the molecule is Fc1cccc(Cl)c1C1NCCc2c1[nH]c1ccc(OCc3ccccc3)cc21. The first-order valence-corrected chi connectivity index (χ1v) is 10.1. The minimum Gasteiger partial charge on any atom is -0.489 e. The first-order chi connectivity index (χ1) is 14.2. The average Bonchev–Trinajstić information content (AvgIpc) is 3.12. The number of rotatable bonds is 4. The number of hydrogen-bond donors (Lipinski definition) is 2. The molecule has 0 aliphatic carbocycles. The quantitative estimate of drug-likeness (QED) is 0.451. The van der Waals surface area contributed by atoms with Crippen LogP contribution in [0.2, 0.25) is 5.02 Å². The molecule has 1 aliphatic heterocycles. The molecule has 3 aromatic carbocycles. The Balaban J connectivity index is 1.51. The second-order valence-corrected chi connectivity index (χ2v) is 7.68. The van der Waals surface area contributed by atoms with Crippen LogP contribution in [-0.4, -0.2) is 11.5 Å². The van der Waals surface area contributed by atoms with Gasteiger partial charge in [-0.3, -0.25) is 0 Å². The van der Waals surface area contributed by atoms with Gasteiger partial charge in [0.1, 0.15) is 18.2 Å². The van der Waals surface area contributed by atoms with Crippen molar-refractivity contribution in [1.82, 2.24) is 10.3 Å². The summed E-state index contributed by atoms with van der Waals surface area (Å²) in [6, 6.07) is 20.7. The Morgan fingerprint density at radius 2 is 1.90 bits per heavy atom. The number of benzene rings is 3. The van der Waals surface area contributed by atoms with Crippen molar-refractivity contribution in [3.05, 3.63) is 100.0 Å². The predicted octanol–water partition coefficient (Wildman–Crippen LogP) is 5.77. The van der Waals surface area contributed by atoms with Crippen molar-refractivity contribution in [2.24, 2.45) is 0 Å². The van der Waals surface area contributed by atoms with E-state index in [1.807, 2.05) is 42.5 Å². The average molecular weight is 407 g/mol. The van der Waals surface area contributed by atoms with Crippen LogP contribution in [0.5, 0.6) is 5.75 Å². The van der Waals surface area contributed by atoms with E-state index in [-0.39, 0.29) is 11.9 Å². The second-order valence-electron chi connectivity index (χ2n) is 7.27. The van der Waals surface area contributed by atoms with Crippen LogP contribution in [0.3, 0.4) is 0 Å². The Hall–Kier alpha value is -2.82. The zero-order valence-corrected chi connectivity index (χ0v) is 16.5. The van der Waals surface area contributed by atoms with E-state index in [0.29, 0.717) is 17.2 Å². The molecule has 146 valence electrons. The van der Waals surface area contributed by atoms with Gasteiger partial charge in [0.15, 0.2) is 0 Å². The number of aromatic amines is 1.